The van der Waals surface area contributed by atoms with Crippen molar-refractivity contribution >= 4 is 28.5 Å². The molecule has 2 aromatic carbocycles. The Morgan fingerprint density at radius 3 is 2.71 bits per heavy atom. The Morgan fingerprint density at radius 2 is 1.95 bits per heavy atom. The number of aromatic hydroxyl groups is 1. The lowest BCUT2D eigenvalue weighted by atomic mass is 9.38. The van der Waals surface area contributed by atoms with Crippen molar-refractivity contribution in [1.82, 2.24) is 9.80 Å². The van der Waals surface area contributed by atoms with E-state index in [4.69, 9.17) is 4.74 Å². The Balaban J connectivity index is 1.26. The van der Waals surface area contributed by atoms with Crippen molar-refractivity contribution in [2.24, 2.45) is 11.3 Å². The van der Waals surface area contributed by atoms with E-state index < -0.39 is 17.1 Å². The number of likely N-dealkylation sites (N-methyl/N-ethyl adjacent to an activating group) is 1. The number of carbonyl (C=O) groups is 1. The molecule has 38 heavy (non-hydrogen) atoms. The molecule has 1 saturated heterocycles. The van der Waals surface area contributed by atoms with E-state index >= 15 is 0 Å². The largest absolute Gasteiger partial charge is 0.504 e. The van der Waals surface area contributed by atoms with Gasteiger partial charge in [0.15, 0.2) is 11.5 Å². The molecule has 6 nitrogen and oxygen atoms in total. The average molecular weight is 625 g/mol. The normalized spacial score (nSPS) is 35.9. The Bertz CT molecular complexity index is 1400. The summed E-state index contributed by atoms with van der Waals surface area (Å²) in [6.07, 6.45) is 7.37. The van der Waals surface area contributed by atoms with Crippen LogP contribution in [-0.4, -0.2) is 63.8 Å². The van der Waals surface area contributed by atoms with Crippen LogP contribution in [0.3, 0.4) is 0 Å². The minimum atomic E-state index is -1.39. The predicted octanol–water partition coefficient (Wildman–Crippen LogP) is 4.15. The summed E-state index contributed by atoms with van der Waals surface area (Å²) in [7, 11) is 1.83. The number of likely N-dealkylation sites (tertiary alicyclic amines) is 1. The summed E-state index contributed by atoms with van der Waals surface area (Å²) in [6, 6.07) is 12.3. The van der Waals surface area contributed by atoms with Gasteiger partial charge in [-0.15, -0.1) is 0 Å². The van der Waals surface area contributed by atoms with Crippen molar-refractivity contribution in [2.45, 2.75) is 68.2 Å². The number of phenolic OH excluding ortho intramolecular Hbond substituents is 1. The van der Waals surface area contributed by atoms with Gasteiger partial charge < -0.3 is 19.8 Å². The molecule has 198 valence electrons. The Kier molecular flexibility index (Phi) is 4.85. The molecule has 2 spiro atoms. The molecule has 5 aliphatic carbocycles. The quantitative estimate of drug-likeness (QED) is 0.490. The van der Waals surface area contributed by atoms with Gasteiger partial charge in [0.2, 0.25) is 0 Å². The van der Waals surface area contributed by atoms with E-state index in [9.17, 15) is 15.0 Å². The van der Waals surface area contributed by atoms with Crippen molar-refractivity contribution in [2.75, 3.05) is 20.1 Å². The van der Waals surface area contributed by atoms with E-state index in [0.29, 0.717) is 24.3 Å². The number of aliphatic hydroxyl groups is 1. The molecule has 2 aromatic rings. The minimum Gasteiger partial charge on any atom is -0.504 e. The lowest BCUT2D eigenvalue weighted by Crippen LogP contribution is -2.78. The third kappa shape index (κ3) is 2.88. The number of amides is 1. The first-order chi connectivity index (χ1) is 18.3. The maximum atomic E-state index is 14.1. The smallest absolute Gasteiger partial charge is 0.252 e. The van der Waals surface area contributed by atoms with Gasteiger partial charge in [-0.05, 0) is 103 Å². The van der Waals surface area contributed by atoms with Gasteiger partial charge in [-0.3, -0.25) is 9.69 Å². The number of nitrogens with zero attached hydrogens (tertiary/aromatic N) is 2. The highest BCUT2D eigenvalue weighted by molar-refractivity contribution is 14.1. The second-order valence-corrected chi connectivity index (χ2v) is 13.9. The molecule has 7 heteroatoms. The summed E-state index contributed by atoms with van der Waals surface area (Å²) in [6.45, 7) is 2.56. The summed E-state index contributed by atoms with van der Waals surface area (Å²) in [5.74, 6) is 1.34. The topological polar surface area (TPSA) is 73.2 Å². The van der Waals surface area contributed by atoms with Gasteiger partial charge in [0.1, 0.15) is 11.7 Å². The minimum absolute atomic E-state index is 0.124. The molecule has 5 atom stereocenters. The molecule has 1 amide bonds. The molecule has 0 radical (unpaired) electrons. The molecule has 0 unspecified atom stereocenters. The van der Waals surface area contributed by atoms with Crippen LogP contribution in [0.1, 0.15) is 48.8 Å². The maximum Gasteiger partial charge on any atom is 0.252 e. The van der Waals surface area contributed by atoms with Crippen LogP contribution in [0.5, 0.6) is 11.5 Å². The first-order valence-electron chi connectivity index (χ1n) is 14.0. The highest BCUT2D eigenvalue weighted by atomic mass is 127. The van der Waals surface area contributed by atoms with Gasteiger partial charge in [0.25, 0.3) is 5.91 Å². The van der Waals surface area contributed by atoms with Gasteiger partial charge in [0.05, 0.1) is 5.41 Å². The fourth-order valence-corrected chi connectivity index (χ4v) is 9.30. The highest BCUT2D eigenvalue weighted by Gasteiger charge is 2.78. The van der Waals surface area contributed by atoms with E-state index in [-0.39, 0.29) is 23.1 Å². The monoisotopic (exact) mass is 624 g/mol. The van der Waals surface area contributed by atoms with Crippen molar-refractivity contribution in [3.8, 4) is 11.5 Å². The fourth-order valence-electron chi connectivity index (χ4n) is 8.94. The number of benzene rings is 2. The average Bonchev–Trinajstić information content (AvgIpc) is 3.65. The number of hydrogen-bond donors (Lipinski definition) is 2. The third-order valence-corrected chi connectivity index (χ3v) is 11.5. The fraction of sp³-hybridized carbons (Fsp3) is 0.516. The number of rotatable bonds is 5. The summed E-state index contributed by atoms with van der Waals surface area (Å²) in [4.78, 5) is 18.6. The number of ether oxygens (including phenoxy) is 1. The molecule has 2 aliphatic heterocycles. The Labute approximate surface area is 236 Å². The van der Waals surface area contributed by atoms with Crippen molar-refractivity contribution in [3.05, 3.63) is 68.3 Å². The first kappa shape index (κ1) is 23.8. The molecule has 7 aliphatic rings. The van der Waals surface area contributed by atoms with Crippen LogP contribution < -0.4 is 4.74 Å². The van der Waals surface area contributed by atoms with E-state index in [1.807, 2.05) is 7.05 Å². The second kappa shape index (κ2) is 7.76. The first-order valence-corrected chi connectivity index (χ1v) is 15.1. The number of fused-ring (bicyclic) bond motifs is 1. The van der Waals surface area contributed by atoms with Gasteiger partial charge in [-0.1, -0.05) is 24.3 Å². The SMILES string of the molecule is CN(Cc1ccc(I)cc1)C(=O)C1=C[C@@]23CC[C@]1(O)[C@@H]1Oc4c(O)ccc5c4[C@@]12CCN(CC1CC1)[C@@H]3C5. The van der Waals surface area contributed by atoms with Crippen LogP contribution in [0.15, 0.2) is 48.0 Å². The van der Waals surface area contributed by atoms with Crippen molar-refractivity contribution in [1.29, 1.82) is 0 Å². The standard InChI is InChI=1S/C31H33IN2O4/c1-33(16-18-4-7-21(32)8-5-18)27(36)22-15-29-10-11-31(22,37)28-30(29)12-13-34(17-19-2-3-19)24(29)14-20-6-9-23(35)26(38-28)25(20)30/h4-9,15,19,24,28,35,37H,2-3,10-14,16-17H2,1H3/t24-,28-,29-,30+,31-/m1/s1. The zero-order valence-electron chi connectivity index (χ0n) is 21.6. The van der Waals surface area contributed by atoms with Crippen molar-refractivity contribution < 1.29 is 19.7 Å². The zero-order chi connectivity index (χ0) is 26.0. The molecular weight excluding hydrogens is 591 g/mol. The van der Waals surface area contributed by atoms with Gasteiger partial charge in [0, 0.05) is 46.3 Å². The van der Waals surface area contributed by atoms with Gasteiger partial charge in [-0.25, -0.2) is 0 Å². The molecule has 2 heterocycles. The van der Waals surface area contributed by atoms with E-state index in [0.717, 1.165) is 53.0 Å². The Morgan fingerprint density at radius 1 is 1.16 bits per heavy atom. The molecule has 3 fully saturated rings. The maximum absolute atomic E-state index is 14.1. The number of carbonyl (C=O) groups excluding carboxylic acids is 1. The number of halogens is 1. The van der Waals surface area contributed by atoms with Crippen LogP contribution in [0.4, 0.5) is 0 Å². The van der Waals surface area contributed by atoms with E-state index in [2.05, 4.69) is 63.9 Å². The van der Waals surface area contributed by atoms with Gasteiger partial charge in [-0.2, -0.15) is 0 Å². The van der Waals surface area contributed by atoms with Crippen LogP contribution in [0.2, 0.25) is 0 Å². The van der Waals surface area contributed by atoms with Crippen LogP contribution in [0, 0.1) is 14.9 Å². The van der Waals surface area contributed by atoms with Gasteiger partial charge >= 0.3 is 0 Å². The second-order valence-electron chi connectivity index (χ2n) is 12.6. The number of phenols is 1. The number of hydrogen-bond acceptors (Lipinski definition) is 5. The summed E-state index contributed by atoms with van der Waals surface area (Å²) < 4.78 is 7.79. The zero-order valence-corrected chi connectivity index (χ0v) is 23.8. The highest BCUT2D eigenvalue weighted by Crippen LogP contribution is 2.74. The molecule has 2 saturated carbocycles. The molecular formula is C31H33IN2O4. The summed E-state index contributed by atoms with van der Waals surface area (Å²) in [5, 5.41) is 23.4. The molecule has 9 rings (SSSR count). The summed E-state index contributed by atoms with van der Waals surface area (Å²) >= 11 is 2.29. The van der Waals surface area contributed by atoms with Crippen LogP contribution >= 0.6 is 22.6 Å². The molecule has 0 aromatic heterocycles. The van der Waals surface area contributed by atoms with Crippen LogP contribution in [-0.2, 0) is 23.2 Å². The lowest BCUT2D eigenvalue weighted by molar-refractivity contribution is -0.188. The predicted molar refractivity (Wildman–Crippen MR) is 151 cm³/mol. The Hall–Kier alpha value is -2.10. The molecule has 2 N–H and O–H groups in total. The number of piperidine rings is 1. The lowest BCUT2D eigenvalue weighted by Gasteiger charge is -2.70. The summed E-state index contributed by atoms with van der Waals surface area (Å²) in [5.41, 5.74) is 1.81. The van der Waals surface area contributed by atoms with E-state index in [1.54, 1.807) is 11.0 Å². The van der Waals surface area contributed by atoms with E-state index in [1.165, 1.54) is 18.4 Å². The van der Waals surface area contributed by atoms with Crippen LogP contribution in [0.25, 0.3) is 0 Å². The van der Waals surface area contributed by atoms with Crippen molar-refractivity contribution in [3.63, 3.8) is 0 Å². The molecule has 4 bridgehead atoms. The third-order valence-electron chi connectivity index (χ3n) is 10.7.